The zero-order valence-corrected chi connectivity index (χ0v) is 31.2. The van der Waals surface area contributed by atoms with E-state index in [1.165, 1.54) is 24.3 Å². The molecule has 282 valence electrons. The van der Waals surface area contributed by atoms with Crippen molar-refractivity contribution < 1.29 is 26.3 Å². The van der Waals surface area contributed by atoms with Crippen LogP contribution < -0.4 is 9.80 Å². The maximum absolute atomic E-state index is 13.7. The average molecular weight is 757 g/mol. The SMILES string of the molecule is CC(C)c1cc(N(c2ccccc2)c2ccc(C(F)(F)F)cc2)c2ccc3c(C(C)C)cc(N(c4ccccc4)c4ccc(C(F)(F)F)cc4)c4ccc1c2c34. The number of anilines is 6. The fourth-order valence-electron chi connectivity index (χ4n) is 7.94. The summed E-state index contributed by atoms with van der Waals surface area (Å²) in [4.78, 5) is 4.03. The van der Waals surface area contributed by atoms with Gasteiger partial charge in [-0.1, -0.05) is 88.4 Å². The van der Waals surface area contributed by atoms with E-state index < -0.39 is 23.5 Å². The van der Waals surface area contributed by atoms with Gasteiger partial charge in [0, 0.05) is 33.5 Å². The molecule has 0 saturated carbocycles. The van der Waals surface area contributed by atoms with Gasteiger partial charge in [0.05, 0.1) is 22.5 Å². The summed E-state index contributed by atoms with van der Waals surface area (Å²) in [6, 6.07) is 42.5. The predicted molar refractivity (Wildman–Crippen MR) is 218 cm³/mol. The van der Waals surface area contributed by atoms with Gasteiger partial charge in [-0.3, -0.25) is 0 Å². The van der Waals surface area contributed by atoms with E-state index in [1.54, 1.807) is 0 Å². The van der Waals surface area contributed by atoms with Gasteiger partial charge in [-0.05, 0) is 129 Å². The minimum Gasteiger partial charge on any atom is -0.310 e. The van der Waals surface area contributed by atoms with Gasteiger partial charge < -0.3 is 9.80 Å². The second kappa shape index (κ2) is 13.9. The van der Waals surface area contributed by atoms with Gasteiger partial charge in [0.25, 0.3) is 0 Å². The lowest BCUT2D eigenvalue weighted by atomic mass is 9.84. The number of halogens is 6. The first-order valence-electron chi connectivity index (χ1n) is 18.6. The number of nitrogens with zero attached hydrogens (tertiary/aromatic N) is 2. The molecule has 0 heterocycles. The largest absolute Gasteiger partial charge is 0.416 e. The maximum atomic E-state index is 13.7. The highest BCUT2D eigenvalue weighted by molar-refractivity contribution is 6.29. The Labute approximate surface area is 321 Å². The molecule has 2 nitrogen and oxygen atoms in total. The van der Waals surface area contributed by atoms with Crippen molar-refractivity contribution in [1.29, 1.82) is 0 Å². The van der Waals surface area contributed by atoms with Crippen molar-refractivity contribution in [2.75, 3.05) is 9.80 Å². The normalized spacial score (nSPS) is 12.4. The molecule has 0 aliphatic heterocycles. The first-order valence-corrected chi connectivity index (χ1v) is 18.6. The second-order valence-electron chi connectivity index (χ2n) is 14.8. The van der Waals surface area contributed by atoms with E-state index >= 15 is 0 Å². The van der Waals surface area contributed by atoms with Crippen LogP contribution in [0.2, 0.25) is 0 Å². The summed E-state index contributed by atoms with van der Waals surface area (Å²) in [5, 5.41) is 5.98. The van der Waals surface area contributed by atoms with Crippen molar-refractivity contribution in [3.8, 4) is 0 Å². The van der Waals surface area contributed by atoms with E-state index in [1.807, 2.05) is 70.5 Å². The van der Waals surface area contributed by atoms with Crippen molar-refractivity contribution in [3.05, 3.63) is 168 Å². The molecule has 0 N–H and O–H groups in total. The quantitative estimate of drug-likeness (QED) is 0.113. The van der Waals surface area contributed by atoms with E-state index in [4.69, 9.17) is 0 Å². The van der Waals surface area contributed by atoms with Gasteiger partial charge in [0.1, 0.15) is 0 Å². The van der Waals surface area contributed by atoms with Crippen LogP contribution in [0.5, 0.6) is 0 Å². The molecule has 8 aromatic rings. The summed E-state index contributed by atoms with van der Waals surface area (Å²) < 4.78 is 82.5. The second-order valence-corrected chi connectivity index (χ2v) is 14.8. The van der Waals surface area contributed by atoms with Crippen molar-refractivity contribution in [1.82, 2.24) is 0 Å². The van der Waals surface area contributed by atoms with Crippen molar-refractivity contribution in [2.24, 2.45) is 0 Å². The smallest absolute Gasteiger partial charge is 0.310 e. The molecule has 0 amide bonds. The molecule has 0 radical (unpaired) electrons. The Kier molecular flexibility index (Phi) is 9.18. The Morgan fingerprint density at radius 1 is 0.375 bits per heavy atom. The number of para-hydroxylation sites is 2. The summed E-state index contributed by atoms with van der Waals surface area (Å²) >= 11 is 0. The van der Waals surface area contributed by atoms with Crippen molar-refractivity contribution in [3.63, 3.8) is 0 Å². The molecular formula is C48H38F6N2. The van der Waals surface area contributed by atoms with Crippen LogP contribution in [0.25, 0.3) is 32.3 Å². The number of hydrogen-bond acceptors (Lipinski definition) is 2. The van der Waals surface area contributed by atoms with E-state index in [2.05, 4.69) is 64.1 Å². The lowest BCUT2D eigenvalue weighted by Crippen LogP contribution is -2.13. The molecule has 0 aliphatic rings. The Morgan fingerprint density at radius 2 is 0.679 bits per heavy atom. The molecule has 0 saturated heterocycles. The van der Waals surface area contributed by atoms with Crippen LogP contribution >= 0.6 is 0 Å². The third kappa shape index (κ3) is 6.47. The molecule has 56 heavy (non-hydrogen) atoms. The summed E-state index contributed by atoms with van der Waals surface area (Å²) in [5.41, 5.74) is 5.08. The fourth-order valence-corrected chi connectivity index (χ4v) is 7.94. The molecule has 0 unspecified atom stereocenters. The van der Waals surface area contributed by atoms with E-state index in [0.717, 1.165) is 90.5 Å². The Bertz CT molecular complexity index is 2460. The molecule has 0 spiro atoms. The molecule has 0 bridgehead atoms. The first kappa shape index (κ1) is 36.9. The highest BCUT2D eigenvalue weighted by Crippen LogP contribution is 2.51. The van der Waals surface area contributed by atoms with E-state index in [-0.39, 0.29) is 11.8 Å². The molecule has 0 aliphatic carbocycles. The minimum atomic E-state index is -4.48. The topological polar surface area (TPSA) is 6.48 Å². The minimum absolute atomic E-state index is 0.0838. The average Bonchev–Trinajstić information content (AvgIpc) is 3.18. The van der Waals surface area contributed by atoms with Crippen LogP contribution in [0, 0.1) is 0 Å². The highest BCUT2D eigenvalue weighted by atomic mass is 19.4. The van der Waals surface area contributed by atoms with Gasteiger partial charge in [-0.15, -0.1) is 0 Å². The maximum Gasteiger partial charge on any atom is 0.416 e. The van der Waals surface area contributed by atoms with E-state index in [0.29, 0.717) is 11.4 Å². The standard InChI is InChI=1S/C48H38F6N2/c1-29(2)41-27-43(55(33-11-7-5-8-12-33)35-19-15-31(16-20-35)47(49,50)51)39-26-24-38-42(30(3)4)28-44(40-25-23-37(41)45(39)46(38)40)56(34-13-9-6-10-14-34)36-21-17-32(18-22-36)48(52,53)54/h5-30H,1-4H3. The third-order valence-electron chi connectivity index (χ3n) is 10.6. The molecule has 0 fully saturated rings. The monoisotopic (exact) mass is 756 g/mol. The summed E-state index contributed by atoms with van der Waals surface area (Å²) in [5.74, 6) is 0.168. The van der Waals surface area contributed by atoms with Gasteiger partial charge in [0.2, 0.25) is 0 Å². The third-order valence-corrected chi connectivity index (χ3v) is 10.6. The Balaban J connectivity index is 1.47. The molecule has 8 rings (SSSR count). The van der Waals surface area contributed by atoms with Gasteiger partial charge in [-0.25, -0.2) is 0 Å². The van der Waals surface area contributed by atoms with Crippen molar-refractivity contribution >= 4 is 66.4 Å². The van der Waals surface area contributed by atoms with Crippen LogP contribution in [0.4, 0.5) is 60.5 Å². The first-order chi connectivity index (χ1) is 26.7. The van der Waals surface area contributed by atoms with Crippen LogP contribution in [-0.4, -0.2) is 0 Å². The zero-order valence-electron chi connectivity index (χ0n) is 31.2. The highest BCUT2D eigenvalue weighted by Gasteiger charge is 2.32. The molecular weight excluding hydrogens is 719 g/mol. The summed E-state index contributed by atoms with van der Waals surface area (Å²) in [7, 11) is 0. The molecule has 0 aromatic heterocycles. The Hall–Kier alpha value is -6.02. The Morgan fingerprint density at radius 3 is 0.982 bits per heavy atom. The number of benzene rings is 8. The number of hydrogen-bond donors (Lipinski definition) is 0. The lowest BCUT2D eigenvalue weighted by molar-refractivity contribution is -0.138. The van der Waals surface area contributed by atoms with E-state index in [9.17, 15) is 26.3 Å². The van der Waals surface area contributed by atoms with Crippen LogP contribution in [0.15, 0.2) is 146 Å². The molecule has 8 aromatic carbocycles. The van der Waals surface area contributed by atoms with Crippen LogP contribution in [0.3, 0.4) is 0 Å². The van der Waals surface area contributed by atoms with Gasteiger partial charge in [0.15, 0.2) is 0 Å². The molecule has 8 heteroatoms. The fraction of sp³-hybridized carbons (Fsp3) is 0.167. The summed E-state index contributed by atoms with van der Waals surface area (Å²) in [6.45, 7) is 8.53. The van der Waals surface area contributed by atoms with Crippen LogP contribution in [0.1, 0.15) is 61.8 Å². The van der Waals surface area contributed by atoms with Gasteiger partial charge in [-0.2, -0.15) is 26.3 Å². The zero-order chi connectivity index (χ0) is 39.5. The lowest BCUT2D eigenvalue weighted by Gasteiger charge is -2.31. The number of alkyl halides is 6. The van der Waals surface area contributed by atoms with Crippen LogP contribution in [-0.2, 0) is 12.4 Å². The molecule has 0 atom stereocenters. The van der Waals surface area contributed by atoms with Crippen molar-refractivity contribution in [2.45, 2.75) is 51.9 Å². The number of rotatable bonds is 8. The summed E-state index contributed by atoms with van der Waals surface area (Å²) in [6.07, 6.45) is -8.96. The predicted octanol–water partition coefficient (Wildman–Crippen LogP) is 15.8. The van der Waals surface area contributed by atoms with Gasteiger partial charge >= 0.3 is 12.4 Å².